The normalized spacial score (nSPS) is 10.6. The molecule has 0 fully saturated rings. The second-order valence-corrected chi connectivity index (χ2v) is 4.58. The van der Waals surface area contributed by atoms with Crippen molar-refractivity contribution in [1.82, 2.24) is 5.32 Å². The van der Waals surface area contributed by atoms with Crippen molar-refractivity contribution in [3.05, 3.63) is 59.7 Å². The van der Waals surface area contributed by atoms with Gasteiger partial charge in [-0.1, -0.05) is 48.5 Å². The zero-order valence-electron chi connectivity index (χ0n) is 11.6. The lowest BCUT2D eigenvalue weighted by molar-refractivity contribution is 0.128. The van der Waals surface area contributed by atoms with Gasteiger partial charge < -0.3 is 4.74 Å². The highest BCUT2D eigenvalue weighted by molar-refractivity contribution is 5.67. The van der Waals surface area contributed by atoms with Gasteiger partial charge in [-0.2, -0.15) is 0 Å². The molecule has 0 atom stereocenters. The first-order valence-corrected chi connectivity index (χ1v) is 6.74. The number of benzene rings is 2. The van der Waals surface area contributed by atoms with Crippen molar-refractivity contribution in [3.8, 4) is 11.1 Å². The van der Waals surface area contributed by atoms with Crippen LogP contribution in [0.4, 0.5) is 0 Å². The Bertz CT molecular complexity index is 505. The molecule has 2 aromatic carbocycles. The highest BCUT2D eigenvalue weighted by Gasteiger charge is 2.00. The van der Waals surface area contributed by atoms with Gasteiger partial charge in [-0.15, -0.1) is 0 Å². The van der Waals surface area contributed by atoms with Crippen molar-refractivity contribution in [2.24, 2.45) is 0 Å². The van der Waals surface area contributed by atoms with Crippen LogP contribution in [0.15, 0.2) is 48.5 Å². The highest BCUT2D eigenvalue weighted by Crippen LogP contribution is 2.23. The maximum absolute atomic E-state index is 5.25. The summed E-state index contributed by atoms with van der Waals surface area (Å²) in [6.45, 7) is 6.34. The van der Waals surface area contributed by atoms with Gasteiger partial charge in [0, 0.05) is 13.2 Å². The summed E-state index contributed by atoms with van der Waals surface area (Å²) in [6.07, 6.45) is 0. The Morgan fingerprint density at radius 1 is 1.00 bits per heavy atom. The molecule has 2 heteroatoms. The molecule has 0 radical (unpaired) electrons. The summed E-state index contributed by atoms with van der Waals surface area (Å²) in [5.41, 5.74) is 5.16. The highest BCUT2D eigenvalue weighted by atomic mass is 16.5. The summed E-state index contributed by atoms with van der Waals surface area (Å²) >= 11 is 0. The van der Waals surface area contributed by atoms with E-state index in [4.69, 9.17) is 4.74 Å². The number of nitrogens with one attached hydrogen (secondary N) is 1. The molecule has 100 valence electrons. The first-order valence-electron chi connectivity index (χ1n) is 6.74. The van der Waals surface area contributed by atoms with Gasteiger partial charge >= 0.3 is 0 Å². The lowest BCUT2D eigenvalue weighted by Crippen LogP contribution is -2.17. The summed E-state index contributed by atoms with van der Waals surface area (Å²) in [4.78, 5) is 0. The molecule has 0 aliphatic rings. The number of hydrogen-bond acceptors (Lipinski definition) is 2. The number of aryl methyl sites for hydroxylation is 1. The monoisotopic (exact) mass is 255 g/mol. The van der Waals surface area contributed by atoms with Crippen molar-refractivity contribution in [2.45, 2.75) is 20.4 Å². The van der Waals surface area contributed by atoms with Crippen LogP contribution < -0.4 is 5.32 Å². The van der Waals surface area contributed by atoms with Gasteiger partial charge in [-0.3, -0.25) is 5.32 Å². The van der Waals surface area contributed by atoms with Gasteiger partial charge in [0.1, 0.15) is 0 Å². The van der Waals surface area contributed by atoms with Crippen LogP contribution in [-0.2, 0) is 11.3 Å². The van der Waals surface area contributed by atoms with E-state index < -0.39 is 0 Å². The maximum atomic E-state index is 5.25. The van der Waals surface area contributed by atoms with E-state index in [1.165, 1.54) is 22.3 Å². The number of rotatable bonds is 6. The van der Waals surface area contributed by atoms with Gasteiger partial charge in [-0.25, -0.2) is 0 Å². The van der Waals surface area contributed by atoms with Gasteiger partial charge in [0.15, 0.2) is 0 Å². The lowest BCUT2D eigenvalue weighted by Gasteiger charge is -2.08. The predicted molar refractivity (Wildman–Crippen MR) is 79.9 cm³/mol. The van der Waals surface area contributed by atoms with E-state index in [-0.39, 0.29) is 0 Å². The third kappa shape index (κ3) is 3.91. The molecule has 19 heavy (non-hydrogen) atoms. The first kappa shape index (κ1) is 13.8. The SMILES string of the molecule is CCOCNCc1ccc(-c2ccccc2C)cc1. The fourth-order valence-corrected chi connectivity index (χ4v) is 2.07. The van der Waals surface area contributed by atoms with E-state index in [1.807, 2.05) is 6.92 Å². The summed E-state index contributed by atoms with van der Waals surface area (Å²) in [7, 11) is 0. The smallest absolute Gasteiger partial charge is 0.0967 e. The zero-order chi connectivity index (χ0) is 13.5. The summed E-state index contributed by atoms with van der Waals surface area (Å²) in [5.74, 6) is 0. The topological polar surface area (TPSA) is 21.3 Å². The van der Waals surface area contributed by atoms with Gasteiger partial charge in [-0.05, 0) is 36.1 Å². The minimum absolute atomic E-state index is 0.607. The van der Waals surface area contributed by atoms with Crippen LogP contribution in [0.3, 0.4) is 0 Å². The predicted octanol–water partition coefficient (Wildman–Crippen LogP) is 3.75. The molecular weight excluding hydrogens is 234 g/mol. The van der Waals surface area contributed by atoms with Crippen LogP contribution in [0.1, 0.15) is 18.1 Å². The standard InChI is InChI=1S/C17H21NO/c1-3-19-13-18-12-15-8-10-16(11-9-15)17-7-5-4-6-14(17)2/h4-11,18H,3,12-13H2,1-2H3. The molecule has 0 saturated carbocycles. The Morgan fingerprint density at radius 3 is 2.42 bits per heavy atom. The van der Waals surface area contributed by atoms with Crippen LogP contribution >= 0.6 is 0 Å². The fraction of sp³-hybridized carbons (Fsp3) is 0.294. The molecular formula is C17H21NO. The molecule has 0 aromatic heterocycles. The minimum atomic E-state index is 0.607. The molecule has 2 rings (SSSR count). The molecule has 0 amide bonds. The molecule has 2 nitrogen and oxygen atoms in total. The van der Waals surface area contributed by atoms with Crippen LogP contribution in [0.5, 0.6) is 0 Å². The van der Waals surface area contributed by atoms with Crippen molar-refractivity contribution < 1.29 is 4.74 Å². The molecule has 2 aromatic rings. The van der Waals surface area contributed by atoms with Crippen molar-refractivity contribution in [1.29, 1.82) is 0 Å². The zero-order valence-corrected chi connectivity index (χ0v) is 11.6. The van der Waals surface area contributed by atoms with E-state index in [0.29, 0.717) is 6.73 Å². The Kier molecular flexibility index (Phi) is 5.13. The molecule has 0 aliphatic heterocycles. The Labute approximate surface area is 115 Å². The van der Waals surface area contributed by atoms with E-state index in [9.17, 15) is 0 Å². The summed E-state index contributed by atoms with van der Waals surface area (Å²) in [5, 5.41) is 3.25. The Morgan fingerprint density at radius 2 is 1.74 bits per heavy atom. The molecule has 0 bridgehead atoms. The van der Waals surface area contributed by atoms with E-state index in [0.717, 1.165) is 13.2 Å². The average Bonchev–Trinajstić information content (AvgIpc) is 2.45. The Balaban J connectivity index is 2.01. The van der Waals surface area contributed by atoms with Gasteiger partial charge in [0.05, 0.1) is 6.73 Å². The third-order valence-corrected chi connectivity index (χ3v) is 3.15. The fourth-order valence-electron chi connectivity index (χ4n) is 2.07. The van der Waals surface area contributed by atoms with Crippen LogP contribution in [0.2, 0.25) is 0 Å². The molecule has 0 unspecified atom stereocenters. The number of hydrogen-bond donors (Lipinski definition) is 1. The summed E-state index contributed by atoms with van der Waals surface area (Å²) < 4.78 is 5.25. The second-order valence-electron chi connectivity index (χ2n) is 4.58. The molecule has 0 heterocycles. The van der Waals surface area contributed by atoms with Crippen molar-refractivity contribution in [3.63, 3.8) is 0 Å². The quantitative estimate of drug-likeness (QED) is 0.627. The van der Waals surface area contributed by atoms with E-state index in [1.54, 1.807) is 0 Å². The van der Waals surface area contributed by atoms with Gasteiger partial charge in [0.2, 0.25) is 0 Å². The first-order chi connectivity index (χ1) is 9.31. The van der Waals surface area contributed by atoms with Gasteiger partial charge in [0.25, 0.3) is 0 Å². The molecule has 1 N–H and O–H groups in total. The largest absolute Gasteiger partial charge is 0.367 e. The summed E-state index contributed by atoms with van der Waals surface area (Å²) in [6, 6.07) is 17.2. The minimum Gasteiger partial charge on any atom is -0.367 e. The maximum Gasteiger partial charge on any atom is 0.0967 e. The number of ether oxygens (including phenoxy) is 1. The van der Waals surface area contributed by atoms with E-state index in [2.05, 4.69) is 60.8 Å². The molecule has 0 spiro atoms. The third-order valence-electron chi connectivity index (χ3n) is 3.15. The second kappa shape index (κ2) is 7.07. The Hall–Kier alpha value is -1.64. The lowest BCUT2D eigenvalue weighted by atomic mass is 10.00. The van der Waals surface area contributed by atoms with Crippen molar-refractivity contribution in [2.75, 3.05) is 13.3 Å². The molecule has 0 saturated heterocycles. The van der Waals surface area contributed by atoms with Crippen molar-refractivity contribution >= 4 is 0 Å². The van der Waals surface area contributed by atoms with Crippen LogP contribution in [-0.4, -0.2) is 13.3 Å². The average molecular weight is 255 g/mol. The van der Waals surface area contributed by atoms with E-state index >= 15 is 0 Å². The molecule has 0 aliphatic carbocycles. The van der Waals surface area contributed by atoms with Crippen LogP contribution in [0, 0.1) is 6.92 Å². The van der Waals surface area contributed by atoms with Crippen LogP contribution in [0.25, 0.3) is 11.1 Å².